The highest BCUT2D eigenvalue weighted by molar-refractivity contribution is 5.98. The van der Waals surface area contributed by atoms with E-state index in [9.17, 15) is 4.79 Å². The average Bonchev–Trinajstić information content (AvgIpc) is 2.93. The van der Waals surface area contributed by atoms with Gasteiger partial charge >= 0.3 is 0 Å². The maximum atomic E-state index is 11.5. The largest absolute Gasteiger partial charge is 0.368 e. The lowest BCUT2D eigenvalue weighted by molar-refractivity contribution is 0.100. The van der Waals surface area contributed by atoms with E-state index in [0.717, 1.165) is 25.3 Å². The fraction of sp³-hybridized carbons (Fsp3) is 0.500. The van der Waals surface area contributed by atoms with E-state index in [0.29, 0.717) is 23.4 Å². The zero-order chi connectivity index (χ0) is 12.7. The van der Waals surface area contributed by atoms with E-state index in [4.69, 9.17) is 5.73 Å². The Hall–Kier alpha value is -1.55. The third kappa shape index (κ3) is 1.68. The minimum Gasteiger partial charge on any atom is -0.368 e. The molecule has 1 aromatic rings. The average molecular weight is 245 g/mol. The van der Waals surface area contributed by atoms with Crippen molar-refractivity contribution in [3.8, 4) is 0 Å². The number of benzene rings is 1. The van der Waals surface area contributed by atoms with Crippen molar-refractivity contribution in [2.75, 3.05) is 24.5 Å². The predicted octanol–water partition coefficient (Wildman–Crippen LogP) is 0.830. The van der Waals surface area contributed by atoms with E-state index in [-0.39, 0.29) is 5.91 Å². The quantitative estimate of drug-likeness (QED) is 0.811. The topological polar surface area (TPSA) is 58.4 Å². The molecular weight excluding hydrogens is 226 g/mol. The van der Waals surface area contributed by atoms with E-state index < -0.39 is 0 Å². The van der Waals surface area contributed by atoms with Gasteiger partial charge in [0.15, 0.2) is 0 Å². The second kappa shape index (κ2) is 4.28. The Morgan fingerprint density at radius 2 is 2.17 bits per heavy atom. The molecule has 2 heterocycles. The molecule has 2 fully saturated rings. The summed E-state index contributed by atoms with van der Waals surface area (Å²) in [6.07, 6.45) is 0. The van der Waals surface area contributed by atoms with Gasteiger partial charge in [0.2, 0.25) is 0 Å². The van der Waals surface area contributed by atoms with Gasteiger partial charge in [0, 0.05) is 31.4 Å². The maximum Gasteiger partial charge on any atom is 0.250 e. The van der Waals surface area contributed by atoms with E-state index >= 15 is 0 Å². The molecule has 1 amide bonds. The number of para-hydroxylation sites is 1. The molecule has 3 unspecified atom stereocenters. The van der Waals surface area contributed by atoms with Crippen molar-refractivity contribution in [3.05, 3.63) is 29.8 Å². The van der Waals surface area contributed by atoms with Crippen LogP contribution in [0, 0.1) is 11.8 Å². The van der Waals surface area contributed by atoms with Gasteiger partial charge in [-0.2, -0.15) is 0 Å². The van der Waals surface area contributed by atoms with E-state index in [1.807, 2.05) is 24.3 Å². The fourth-order valence-corrected chi connectivity index (χ4v) is 3.42. The van der Waals surface area contributed by atoms with Gasteiger partial charge in [0.1, 0.15) is 0 Å². The molecule has 0 saturated carbocycles. The molecule has 4 heteroatoms. The van der Waals surface area contributed by atoms with Crippen molar-refractivity contribution in [2.45, 2.75) is 13.0 Å². The number of fused-ring (bicyclic) bond motifs is 1. The van der Waals surface area contributed by atoms with Gasteiger partial charge in [0.05, 0.1) is 5.56 Å². The Bertz CT molecular complexity index is 474. The van der Waals surface area contributed by atoms with Gasteiger partial charge in [0.25, 0.3) is 5.91 Å². The molecular formula is C14H19N3O. The van der Waals surface area contributed by atoms with Crippen molar-refractivity contribution in [3.63, 3.8) is 0 Å². The highest BCUT2D eigenvalue weighted by Crippen LogP contribution is 2.36. The number of anilines is 1. The van der Waals surface area contributed by atoms with E-state index in [2.05, 4.69) is 17.1 Å². The number of carbonyl (C=O) groups is 1. The van der Waals surface area contributed by atoms with Crippen LogP contribution in [0.25, 0.3) is 0 Å². The van der Waals surface area contributed by atoms with Crippen LogP contribution in [0.5, 0.6) is 0 Å². The molecule has 3 N–H and O–H groups in total. The summed E-state index contributed by atoms with van der Waals surface area (Å²) in [5.74, 6) is 1.04. The molecule has 0 bridgehead atoms. The van der Waals surface area contributed by atoms with Gasteiger partial charge in [-0.05, 0) is 30.9 Å². The molecule has 0 aliphatic carbocycles. The molecule has 3 rings (SSSR count). The summed E-state index contributed by atoms with van der Waals surface area (Å²) in [4.78, 5) is 13.9. The molecule has 0 spiro atoms. The van der Waals surface area contributed by atoms with Crippen molar-refractivity contribution in [2.24, 2.45) is 17.6 Å². The van der Waals surface area contributed by atoms with Crippen molar-refractivity contribution >= 4 is 11.6 Å². The Morgan fingerprint density at radius 1 is 1.39 bits per heavy atom. The monoisotopic (exact) mass is 245 g/mol. The molecule has 3 atom stereocenters. The van der Waals surface area contributed by atoms with Crippen LogP contribution in [0.1, 0.15) is 17.3 Å². The minimum atomic E-state index is -0.340. The summed E-state index contributed by atoms with van der Waals surface area (Å²) < 4.78 is 0. The van der Waals surface area contributed by atoms with Gasteiger partial charge in [-0.3, -0.25) is 4.79 Å². The number of hydrogen-bond acceptors (Lipinski definition) is 3. The van der Waals surface area contributed by atoms with Crippen molar-refractivity contribution < 1.29 is 4.79 Å². The number of nitrogens with one attached hydrogen (secondary N) is 1. The lowest BCUT2D eigenvalue weighted by atomic mass is 9.95. The summed E-state index contributed by atoms with van der Waals surface area (Å²) >= 11 is 0. The van der Waals surface area contributed by atoms with Gasteiger partial charge in [-0.1, -0.05) is 12.1 Å². The van der Waals surface area contributed by atoms with Crippen LogP contribution in [0.4, 0.5) is 5.69 Å². The maximum absolute atomic E-state index is 11.5. The van der Waals surface area contributed by atoms with Crippen LogP contribution in [-0.4, -0.2) is 31.6 Å². The first kappa shape index (κ1) is 11.5. The predicted molar refractivity (Wildman–Crippen MR) is 71.6 cm³/mol. The highest BCUT2D eigenvalue weighted by Gasteiger charge is 2.42. The first-order chi connectivity index (χ1) is 8.68. The smallest absolute Gasteiger partial charge is 0.250 e. The minimum absolute atomic E-state index is 0.340. The summed E-state index contributed by atoms with van der Waals surface area (Å²) in [5.41, 5.74) is 7.09. The second-order valence-corrected chi connectivity index (χ2v) is 5.36. The normalized spacial score (nSPS) is 30.5. The molecule has 2 aliphatic rings. The third-order valence-corrected chi connectivity index (χ3v) is 4.41. The molecule has 4 nitrogen and oxygen atoms in total. The number of nitrogens with zero attached hydrogens (tertiary/aromatic N) is 1. The third-order valence-electron chi connectivity index (χ3n) is 4.41. The lowest BCUT2D eigenvalue weighted by Gasteiger charge is -2.28. The molecule has 1 aromatic carbocycles. The van der Waals surface area contributed by atoms with Gasteiger partial charge < -0.3 is 16.0 Å². The molecule has 0 radical (unpaired) electrons. The fourth-order valence-electron chi connectivity index (χ4n) is 3.42. The lowest BCUT2D eigenvalue weighted by Crippen LogP contribution is -2.34. The summed E-state index contributed by atoms with van der Waals surface area (Å²) in [5, 5.41) is 3.45. The van der Waals surface area contributed by atoms with Crippen molar-refractivity contribution in [1.29, 1.82) is 0 Å². The number of hydrogen-bond donors (Lipinski definition) is 2. The Balaban J connectivity index is 1.94. The SMILES string of the molecule is CC1C2CNCC2CN1c1ccccc1C(N)=O. The molecule has 0 aromatic heterocycles. The van der Waals surface area contributed by atoms with Crippen LogP contribution >= 0.6 is 0 Å². The number of carbonyl (C=O) groups excluding carboxylic acids is 1. The second-order valence-electron chi connectivity index (χ2n) is 5.36. The van der Waals surface area contributed by atoms with Crippen molar-refractivity contribution in [1.82, 2.24) is 5.32 Å². The highest BCUT2D eigenvalue weighted by atomic mass is 16.1. The molecule has 96 valence electrons. The Labute approximate surface area is 107 Å². The first-order valence-electron chi connectivity index (χ1n) is 6.54. The Morgan fingerprint density at radius 3 is 2.89 bits per heavy atom. The van der Waals surface area contributed by atoms with Crippen LogP contribution in [0.3, 0.4) is 0 Å². The van der Waals surface area contributed by atoms with Crippen LogP contribution in [0.15, 0.2) is 24.3 Å². The number of rotatable bonds is 2. The van der Waals surface area contributed by atoms with Crippen LogP contribution < -0.4 is 16.0 Å². The van der Waals surface area contributed by atoms with Gasteiger partial charge in [-0.15, -0.1) is 0 Å². The van der Waals surface area contributed by atoms with E-state index in [1.54, 1.807) is 0 Å². The number of primary amides is 1. The summed E-state index contributed by atoms with van der Waals surface area (Å²) in [6.45, 7) is 5.43. The zero-order valence-corrected chi connectivity index (χ0v) is 10.6. The number of nitrogens with two attached hydrogens (primary N) is 1. The summed E-state index contributed by atoms with van der Waals surface area (Å²) in [6, 6.07) is 8.13. The summed E-state index contributed by atoms with van der Waals surface area (Å²) in [7, 11) is 0. The molecule has 2 aliphatic heterocycles. The zero-order valence-electron chi connectivity index (χ0n) is 10.6. The van der Waals surface area contributed by atoms with Crippen LogP contribution in [0.2, 0.25) is 0 Å². The first-order valence-corrected chi connectivity index (χ1v) is 6.54. The molecule has 18 heavy (non-hydrogen) atoms. The Kier molecular flexibility index (Phi) is 2.74. The molecule has 2 saturated heterocycles. The van der Waals surface area contributed by atoms with Crippen LogP contribution in [-0.2, 0) is 0 Å². The standard InChI is InChI=1S/C14H19N3O/c1-9-12-7-16-6-10(12)8-17(9)13-5-3-2-4-11(13)14(15)18/h2-5,9-10,12,16H,6-8H2,1H3,(H2,15,18). The van der Waals surface area contributed by atoms with Gasteiger partial charge in [-0.25, -0.2) is 0 Å². The number of amides is 1. The van der Waals surface area contributed by atoms with E-state index in [1.165, 1.54) is 0 Å².